The molecule has 9 nitrogen and oxygen atoms in total. The molecule has 302 valence electrons. The molecule has 4 aromatic carbocycles. The molecule has 0 heterocycles. The maximum atomic E-state index is 8.04. The van der Waals surface area contributed by atoms with E-state index >= 15 is 0 Å². The highest BCUT2D eigenvalue weighted by molar-refractivity contribution is 5.67. The highest BCUT2D eigenvalue weighted by Crippen LogP contribution is 2.43. The van der Waals surface area contributed by atoms with Crippen molar-refractivity contribution in [2.45, 2.75) is 105 Å². The second-order valence-corrected chi connectivity index (χ2v) is 15.2. The summed E-state index contributed by atoms with van der Waals surface area (Å²) in [5.41, 5.74) is 8.51. The highest BCUT2D eigenvalue weighted by atomic mass is 16.5. The Morgan fingerprint density at radius 1 is 0.414 bits per heavy atom. The molecule has 0 amide bonds. The lowest BCUT2D eigenvalue weighted by Crippen LogP contribution is -2.15. The van der Waals surface area contributed by atoms with Gasteiger partial charge in [0.1, 0.15) is 23.0 Å². The van der Waals surface area contributed by atoms with Crippen molar-refractivity contribution in [1.29, 1.82) is 0 Å². The number of hydrogen-bond acceptors (Lipinski definition) is 5. The molecule has 1 aliphatic rings. The molecule has 4 aromatic rings. The molecule has 5 rings (SSSR count). The molecule has 0 atom stereocenters. The Morgan fingerprint density at radius 3 is 0.707 bits per heavy atom. The molecular weight excluding hydrogens is 725 g/mol. The Labute approximate surface area is 346 Å². The van der Waals surface area contributed by atoms with Gasteiger partial charge >= 0.3 is 0 Å². The summed E-state index contributed by atoms with van der Waals surface area (Å²) in [4.78, 5) is 15.4. The monoisotopic (exact) mass is 780 g/mol. The lowest BCUT2D eigenvalue weighted by atomic mass is 9.90. The molecule has 0 N–H and O–H groups in total. The van der Waals surface area contributed by atoms with Gasteiger partial charge in [-0.15, -0.1) is 0 Å². The van der Waals surface area contributed by atoms with Gasteiger partial charge in [-0.3, -0.25) is 0 Å². The molecular formula is C49H56N4O5. The van der Waals surface area contributed by atoms with E-state index in [1.165, 1.54) is 0 Å². The van der Waals surface area contributed by atoms with Gasteiger partial charge in [0.25, 0.3) is 0 Å². The van der Waals surface area contributed by atoms with Crippen LogP contribution in [0.1, 0.15) is 119 Å². The summed E-state index contributed by atoms with van der Waals surface area (Å²) in [5, 5.41) is 0. The van der Waals surface area contributed by atoms with Crippen molar-refractivity contribution in [3.8, 4) is 23.0 Å². The topological polar surface area (TPSA) is 63.6 Å². The number of benzene rings is 4. The quantitative estimate of drug-likeness (QED) is 0.118. The Kier molecular flexibility index (Phi) is 16.6. The Bertz CT molecular complexity index is 1830. The summed E-state index contributed by atoms with van der Waals surface area (Å²) < 4.78 is 31.0. The van der Waals surface area contributed by atoms with Crippen LogP contribution in [0.3, 0.4) is 0 Å². The van der Waals surface area contributed by atoms with Gasteiger partial charge in [0.05, 0.1) is 58.3 Å². The van der Waals surface area contributed by atoms with Gasteiger partial charge in [0.2, 0.25) is 0 Å². The average molecular weight is 781 g/mol. The first kappa shape index (κ1) is 44.7. The van der Waals surface area contributed by atoms with E-state index in [4.69, 9.17) is 50.0 Å². The predicted octanol–water partition coefficient (Wildman–Crippen LogP) is 13.2. The molecule has 0 aliphatic heterocycles. The minimum atomic E-state index is 0.0417. The minimum Gasteiger partial charge on any atom is -0.493 e. The first-order valence-corrected chi connectivity index (χ1v) is 20.1. The third kappa shape index (κ3) is 11.8. The van der Waals surface area contributed by atoms with Crippen LogP contribution >= 0.6 is 0 Å². The molecule has 0 saturated carbocycles. The summed E-state index contributed by atoms with van der Waals surface area (Å²) in [6.07, 6.45) is 4.63. The van der Waals surface area contributed by atoms with E-state index in [0.29, 0.717) is 97.9 Å². The molecule has 9 heteroatoms. The molecule has 0 saturated heterocycles. The van der Waals surface area contributed by atoms with Crippen molar-refractivity contribution >= 4 is 22.7 Å². The maximum Gasteiger partial charge on any atom is 0.188 e. The van der Waals surface area contributed by atoms with Crippen molar-refractivity contribution in [2.75, 3.05) is 33.5 Å². The maximum absolute atomic E-state index is 8.04. The van der Waals surface area contributed by atoms with Crippen molar-refractivity contribution in [3.05, 3.63) is 139 Å². The number of methoxy groups -OCH3 is 1. The van der Waals surface area contributed by atoms with E-state index in [2.05, 4.69) is 47.1 Å². The van der Waals surface area contributed by atoms with Crippen LogP contribution in [0.15, 0.2) is 48.5 Å². The number of hydrogen-bond donors (Lipinski definition) is 0. The summed E-state index contributed by atoms with van der Waals surface area (Å²) >= 11 is 0. The van der Waals surface area contributed by atoms with Gasteiger partial charge in [0, 0.05) is 32.8 Å². The highest BCUT2D eigenvalue weighted by Gasteiger charge is 2.24. The zero-order valence-electron chi connectivity index (χ0n) is 35.4. The number of nitrogens with zero attached hydrogens (tertiary/aromatic N) is 4. The number of ether oxygens (including phenoxy) is 5. The Balaban J connectivity index is 0.00000115. The molecule has 8 bridgehead atoms. The Morgan fingerprint density at radius 2 is 0.586 bits per heavy atom. The number of fused-ring (bicyclic) bond motifs is 8. The molecule has 0 radical (unpaired) electrons. The fourth-order valence-corrected chi connectivity index (χ4v) is 6.63. The van der Waals surface area contributed by atoms with Crippen LogP contribution in [0.5, 0.6) is 23.0 Å². The van der Waals surface area contributed by atoms with Gasteiger partial charge in [0.15, 0.2) is 22.7 Å². The van der Waals surface area contributed by atoms with Crippen LogP contribution in [0.2, 0.25) is 0 Å². The smallest absolute Gasteiger partial charge is 0.188 e. The lowest BCUT2D eigenvalue weighted by Gasteiger charge is -2.24. The third-order valence-electron chi connectivity index (χ3n) is 9.36. The van der Waals surface area contributed by atoms with Crippen molar-refractivity contribution in [1.82, 2.24) is 0 Å². The molecule has 0 unspecified atom stereocenters. The van der Waals surface area contributed by atoms with Crippen molar-refractivity contribution in [3.63, 3.8) is 0 Å². The van der Waals surface area contributed by atoms with E-state index in [9.17, 15) is 0 Å². The van der Waals surface area contributed by atoms with Gasteiger partial charge in [-0.25, -0.2) is 19.4 Å². The molecule has 1 aliphatic carbocycles. The first-order chi connectivity index (χ1) is 27.9. The van der Waals surface area contributed by atoms with Gasteiger partial charge in [-0.1, -0.05) is 27.7 Å². The third-order valence-corrected chi connectivity index (χ3v) is 9.36. The normalized spacial score (nSPS) is 11.7. The van der Waals surface area contributed by atoms with E-state index in [1.807, 2.05) is 69.3 Å². The fourth-order valence-electron chi connectivity index (χ4n) is 6.63. The average Bonchev–Trinajstić information content (AvgIpc) is 3.21. The SMILES string of the molecule is COC(C)(C)C.[C-]#[N+]c1cc2c(OCCC)c(c1)Cc1cc([N+]#[C-])cc(c1OCCC)Cc1cc([N+]#[C-])cc(c1OCCC)Cc1cc([N+]#[C-])cc(c1OCCC)C2. The van der Waals surface area contributed by atoms with E-state index in [1.54, 1.807) is 7.11 Å². The van der Waals surface area contributed by atoms with Crippen LogP contribution < -0.4 is 18.9 Å². The Hall–Kier alpha value is -6.00. The molecule has 0 fully saturated rings. The first-order valence-electron chi connectivity index (χ1n) is 20.1. The zero-order valence-corrected chi connectivity index (χ0v) is 35.4. The lowest BCUT2D eigenvalue weighted by molar-refractivity contribution is 0.0397. The van der Waals surface area contributed by atoms with Crippen LogP contribution in [0.4, 0.5) is 22.7 Å². The van der Waals surface area contributed by atoms with Crippen molar-refractivity contribution < 1.29 is 23.7 Å². The summed E-state index contributed by atoms with van der Waals surface area (Å²) in [7, 11) is 1.71. The van der Waals surface area contributed by atoms with E-state index in [-0.39, 0.29) is 5.60 Å². The van der Waals surface area contributed by atoms with Crippen LogP contribution in [0, 0.1) is 26.3 Å². The van der Waals surface area contributed by atoms with Gasteiger partial charge < -0.3 is 23.7 Å². The van der Waals surface area contributed by atoms with E-state index < -0.39 is 0 Å². The van der Waals surface area contributed by atoms with Crippen LogP contribution in [0.25, 0.3) is 19.4 Å². The fraction of sp³-hybridized carbons (Fsp3) is 0.429. The zero-order chi connectivity index (χ0) is 42.2. The van der Waals surface area contributed by atoms with Gasteiger partial charge in [-0.05, 0) is 139 Å². The molecule has 0 aromatic heterocycles. The van der Waals surface area contributed by atoms with Crippen molar-refractivity contribution in [2.24, 2.45) is 0 Å². The molecule has 0 spiro atoms. The second-order valence-electron chi connectivity index (χ2n) is 15.2. The van der Waals surface area contributed by atoms with E-state index in [0.717, 1.165) is 70.2 Å². The minimum absolute atomic E-state index is 0.0417. The predicted molar refractivity (Wildman–Crippen MR) is 232 cm³/mol. The second kappa shape index (κ2) is 21.5. The largest absolute Gasteiger partial charge is 0.493 e. The summed E-state index contributed by atoms with van der Waals surface area (Å²) in [6, 6.07) is 15.0. The van der Waals surface area contributed by atoms with Crippen LogP contribution in [-0.4, -0.2) is 39.1 Å². The number of rotatable bonds is 12. The molecule has 58 heavy (non-hydrogen) atoms. The van der Waals surface area contributed by atoms with Gasteiger partial charge in [-0.2, -0.15) is 0 Å². The van der Waals surface area contributed by atoms with Crippen LogP contribution in [-0.2, 0) is 30.4 Å². The summed E-state index contributed by atoms with van der Waals surface area (Å²) in [5.74, 6) is 2.76. The summed E-state index contributed by atoms with van der Waals surface area (Å²) in [6.45, 7) is 48.4. The standard InChI is InChI=1S/C44H44N4O4.C5H12O/c1-9-13-49-41-29-17-31-23-38(46-6)25-33(42(31)50-14-10-2)19-35-27-40(48-8)28-36(44(35)52-16-12-4)20-34-26-39(47-7)24-32(43(34)51-15-11-3)18-30(41)22-37(21-29)45-5;1-5(2,3)6-4/h21-28H,9-20H2,1-4H3;1-4H3.